The van der Waals surface area contributed by atoms with Crippen molar-refractivity contribution in [2.75, 3.05) is 14.1 Å². The predicted octanol–water partition coefficient (Wildman–Crippen LogP) is 4.27. The lowest BCUT2D eigenvalue weighted by Gasteiger charge is -2.39. The van der Waals surface area contributed by atoms with Crippen LogP contribution in [-0.2, 0) is 9.59 Å². The summed E-state index contributed by atoms with van der Waals surface area (Å²) in [5.41, 5.74) is 0.671. The van der Waals surface area contributed by atoms with Crippen molar-refractivity contribution in [3.63, 3.8) is 0 Å². The largest absolute Gasteiger partial charge is 0.328 e. The fourth-order valence-electron chi connectivity index (χ4n) is 2.12. The lowest BCUT2D eigenvalue weighted by molar-refractivity contribution is -0.149. The van der Waals surface area contributed by atoms with Gasteiger partial charge in [-0.3, -0.25) is 9.59 Å². The van der Waals surface area contributed by atoms with Crippen molar-refractivity contribution in [3.05, 3.63) is 21.8 Å². The van der Waals surface area contributed by atoms with Crippen molar-refractivity contribution in [3.8, 4) is 0 Å². The van der Waals surface area contributed by atoms with E-state index >= 15 is 0 Å². The number of hydrogen-bond acceptors (Lipinski definition) is 2. The minimum Gasteiger partial charge on any atom is -0.328 e. The van der Waals surface area contributed by atoms with E-state index < -0.39 is 15.8 Å². The van der Waals surface area contributed by atoms with Crippen LogP contribution >= 0.6 is 58.0 Å². The number of allylic oxidation sites excluding steroid dienone is 2. The topological polar surface area (TPSA) is 40.6 Å². The van der Waals surface area contributed by atoms with Gasteiger partial charge in [0.05, 0.1) is 0 Å². The molecule has 0 unspecified atom stereocenters. The molecule has 1 fully saturated rings. The Hall–Kier alpha value is -0.130. The Balaban J connectivity index is 3.12. The van der Waals surface area contributed by atoms with Gasteiger partial charge in [0.2, 0.25) is 5.91 Å². The van der Waals surface area contributed by atoms with Gasteiger partial charge in [-0.15, -0.1) is 0 Å². The SMILES string of the molecule is CC(/C=C1/C(=O)N(C)[C@@H](C[C@@H](C)C(Cl)(Cl)Cl)C(=O)N1C)=C(Cl)Cl. The Bertz CT molecular complexity index is 564. The summed E-state index contributed by atoms with van der Waals surface area (Å²) in [5.74, 6) is -1.00. The molecule has 2 atom stereocenters. The number of rotatable bonds is 3. The Morgan fingerprint density at radius 2 is 1.78 bits per heavy atom. The van der Waals surface area contributed by atoms with Crippen LogP contribution in [0.3, 0.4) is 0 Å². The normalized spacial score (nSPS) is 22.7. The minimum absolute atomic E-state index is 0.0285. The van der Waals surface area contributed by atoms with E-state index in [1.165, 1.54) is 30.0 Å². The number of amides is 2. The van der Waals surface area contributed by atoms with Crippen LogP contribution in [0.4, 0.5) is 0 Å². The molecule has 1 rings (SSSR count). The lowest BCUT2D eigenvalue weighted by Crippen LogP contribution is -2.56. The fraction of sp³-hybridized carbons (Fsp3) is 0.571. The molecule has 23 heavy (non-hydrogen) atoms. The van der Waals surface area contributed by atoms with E-state index in [0.29, 0.717) is 5.57 Å². The molecule has 1 saturated heterocycles. The van der Waals surface area contributed by atoms with E-state index in [1.807, 2.05) is 0 Å². The molecular weight excluding hydrogens is 405 g/mol. The lowest BCUT2D eigenvalue weighted by atomic mass is 9.98. The average Bonchev–Trinajstić information content (AvgIpc) is 2.44. The summed E-state index contributed by atoms with van der Waals surface area (Å²) in [7, 11) is 3.06. The molecule has 1 heterocycles. The third-order valence-electron chi connectivity index (χ3n) is 3.77. The maximum atomic E-state index is 12.6. The van der Waals surface area contributed by atoms with Crippen molar-refractivity contribution in [2.24, 2.45) is 5.92 Å². The van der Waals surface area contributed by atoms with Crippen LogP contribution in [0, 0.1) is 5.92 Å². The van der Waals surface area contributed by atoms with E-state index in [9.17, 15) is 9.59 Å². The van der Waals surface area contributed by atoms with Crippen molar-refractivity contribution in [1.29, 1.82) is 0 Å². The molecule has 0 aliphatic carbocycles. The first kappa shape index (κ1) is 20.9. The molecule has 1 aliphatic rings. The highest BCUT2D eigenvalue weighted by Crippen LogP contribution is 2.38. The third-order valence-corrected chi connectivity index (χ3v) is 5.48. The smallest absolute Gasteiger partial charge is 0.270 e. The highest BCUT2D eigenvalue weighted by molar-refractivity contribution is 6.67. The third kappa shape index (κ3) is 4.93. The van der Waals surface area contributed by atoms with Gasteiger partial charge in [0.15, 0.2) is 3.79 Å². The van der Waals surface area contributed by atoms with E-state index in [2.05, 4.69) is 0 Å². The molecule has 0 aromatic carbocycles. The highest BCUT2D eigenvalue weighted by Gasteiger charge is 2.42. The van der Waals surface area contributed by atoms with E-state index in [1.54, 1.807) is 13.8 Å². The van der Waals surface area contributed by atoms with Gasteiger partial charge < -0.3 is 9.80 Å². The number of nitrogens with zero attached hydrogens (tertiary/aromatic N) is 2. The summed E-state index contributed by atoms with van der Waals surface area (Å²) in [6, 6.07) is -0.703. The van der Waals surface area contributed by atoms with Crippen molar-refractivity contribution < 1.29 is 9.59 Å². The fourth-order valence-corrected chi connectivity index (χ4v) is 2.50. The first-order valence-electron chi connectivity index (χ1n) is 6.73. The van der Waals surface area contributed by atoms with Crippen LogP contribution in [0.1, 0.15) is 20.3 Å². The predicted molar refractivity (Wildman–Crippen MR) is 95.9 cm³/mol. The molecule has 0 N–H and O–H groups in total. The van der Waals surface area contributed by atoms with Gasteiger partial charge in [0.25, 0.3) is 5.91 Å². The van der Waals surface area contributed by atoms with Crippen LogP contribution in [-0.4, -0.2) is 45.5 Å². The molecule has 1 aliphatic heterocycles. The number of hydrogen-bond donors (Lipinski definition) is 0. The second-order valence-corrected chi connectivity index (χ2v) is 8.80. The number of halogens is 5. The standard InChI is InChI=1S/C14H17Cl5N2O2/c1-7(11(15)16)5-9-12(22)21(4)10(13(23)20(9)3)6-8(2)14(17,18)19/h5,8,10H,6H2,1-4H3/b9-5-/t8-,10+/m1/s1. The molecule has 9 heteroatoms. The van der Waals surface area contributed by atoms with Crippen LogP contribution in [0.2, 0.25) is 0 Å². The van der Waals surface area contributed by atoms with Crippen molar-refractivity contribution >= 4 is 69.8 Å². The van der Waals surface area contributed by atoms with Crippen LogP contribution < -0.4 is 0 Å². The van der Waals surface area contributed by atoms with Gasteiger partial charge in [-0.25, -0.2) is 0 Å². The summed E-state index contributed by atoms with van der Waals surface area (Å²) in [6.45, 7) is 3.36. The summed E-state index contributed by atoms with van der Waals surface area (Å²) in [5, 5.41) is 0. The summed E-state index contributed by atoms with van der Waals surface area (Å²) < 4.78 is -1.48. The Labute approximate surface area is 160 Å². The van der Waals surface area contributed by atoms with E-state index in [-0.39, 0.29) is 28.4 Å². The van der Waals surface area contributed by atoms with E-state index in [4.69, 9.17) is 58.0 Å². The molecule has 0 aromatic heterocycles. The molecule has 0 bridgehead atoms. The number of likely N-dealkylation sites (N-methyl/N-ethyl adjacent to an activating group) is 2. The molecular formula is C14H17Cl5N2O2. The van der Waals surface area contributed by atoms with E-state index in [0.717, 1.165) is 0 Å². The second kappa shape index (κ2) is 7.83. The quantitative estimate of drug-likeness (QED) is 0.503. The van der Waals surface area contributed by atoms with Crippen LogP contribution in [0.5, 0.6) is 0 Å². The number of piperazine rings is 1. The highest BCUT2D eigenvalue weighted by atomic mass is 35.6. The van der Waals surface area contributed by atoms with Gasteiger partial charge >= 0.3 is 0 Å². The molecule has 0 aromatic rings. The Kier molecular flexibility index (Phi) is 7.12. The zero-order valence-electron chi connectivity index (χ0n) is 13.0. The van der Waals surface area contributed by atoms with Crippen molar-refractivity contribution in [1.82, 2.24) is 9.80 Å². The molecule has 0 radical (unpaired) electrons. The van der Waals surface area contributed by atoms with Gasteiger partial charge in [-0.2, -0.15) is 0 Å². The van der Waals surface area contributed by atoms with Gasteiger partial charge in [0.1, 0.15) is 16.2 Å². The zero-order valence-corrected chi connectivity index (χ0v) is 16.8. The van der Waals surface area contributed by atoms with Crippen molar-refractivity contribution in [2.45, 2.75) is 30.1 Å². The summed E-state index contributed by atoms with van der Waals surface area (Å²) in [4.78, 5) is 27.7. The number of carbonyl (C=O) groups is 2. The van der Waals surface area contributed by atoms with Crippen LogP contribution in [0.15, 0.2) is 21.8 Å². The molecule has 4 nitrogen and oxygen atoms in total. The maximum Gasteiger partial charge on any atom is 0.270 e. The number of carbonyl (C=O) groups excluding carboxylic acids is 2. The minimum atomic E-state index is -1.51. The number of alkyl halides is 3. The zero-order chi connectivity index (χ0) is 18.1. The Morgan fingerprint density at radius 1 is 1.26 bits per heavy atom. The summed E-state index contributed by atoms with van der Waals surface area (Å²) >= 11 is 29.0. The Morgan fingerprint density at radius 3 is 2.22 bits per heavy atom. The molecule has 130 valence electrons. The van der Waals surface area contributed by atoms with Crippen LogP contribution in [0.25, 0.3) is 0 Å². The monoisotopic (exact) mass is 420 g/mol. The summed E-state index contributed by atoms with van der Waals surface area (Å²) in [6.07, 6.45) is 1.71. The van der Waals surface area contributed by atoms with Gasteiger partial charge in [-0.05, 0) is 25.0 Å². The first-order chi connectivity index (χ1) is 10.4. The first-order valence-corrected chi connectivity index (χ1v) is 8.61. The maximum absolute atomic E-state index is 12.6. The molecule has 0 saturated carbocycles. The van der Waals surface area contributed by atoms with Gasteiger partial charge in [0, 0.05) is 20.0 Å². The second-order valence-electron chi connectivity index (χ2n) is 5.48. The molecule has 2 amide bonds. The molecule has 0 spiro atoms. The average molecular weight is 423 g/mol. The van der Waals surface area contributed by atoms with Gasteiger partial charge in [-0.1, -0.05) is 64.9 Å².